The molecule has 2 saturated heterocycles. The van der Waals surface area contributed by atoms with Crippen molar-refractivity contribution in [1.82, 2.24) is 5.32 Å². The maximum Gasteiger partial charge on any atom is 0.0509 e. The molecule has 70 valence electrons. The van der Waals surface area contributed by atoms with Gasteiger partial charge in [-0.05, 0) is 24.7 Å². The third kappa shape index (κ3) is 1.63. The molecule has 0 saturated carbocycles. The lowest BCUT2D eigenvalue weighted by Crippen LogP contribution is -2.50. The number of ether oxygens (including phenoxy) is 1. The number of rotatable bonds is 1. The van der Waals surface area contributed by atoms with Crippen molar-refractivity contribution in [3.63, 3.8) is 0 Å². The fourth-order valence-corrected chi connectivity index (χ4v) is 2.27. The van der Waals surface area contributed by atoms with Crippen LogP contribution in [0.5, 0.6) is 0 Å². The van der Waals surface area contributed by atoms with Crippen LogP contribution in [0.3, 0.4) is 0 Å². The van der Waals surface area contributed by atoms with Crippen LogP contribution in [0, 0.1) is 11.8 Å². The Labute approximate surface area is 73.1 Å². The second-order valence-corrected chi connectivity index (χ2v) is 3.92. The Kier molecular flexibility index (Phi) is 2.63. The SMILES string of the molecule is OCC1CNC2CCOCC2C1. The van der Waals surface area contributed by atoms with Gasteiger partial charge in [-0.2, -0.15) is 0 Å². The summed E-state index contributed by atoms with van der Waals surface area (Å²) < 4.78 is 5.41. The number of hydrogen-bond donors (Lipinski definition) is 2. The summed E-state index contributed by atoms with van der Waals surface area (Å²) in [5, 5.41) is 12.5. The number of piperidine rings is 1. The molecule has 2 N–H and O–H groups in total. The second kappa shape index (κ2) is 3.73. The largest absolute Gasteiger partial charge is 0.396 e. The lowest BCUT2D eigenvalue weighted by molar-refractivity contribution is 0.000469. The topological polar surface area (TPSA) is 41.5 Å². The lowest BCUT2D eigenvalue weighted by atomic mass is 9.83. The predicted molar refractivity (Wildman–Crippen MR) is 45.9 cm³/mol. The van der Waals surface area contributed by atoms with Gasteiger partial charge >= 0.3 is 0 Å². The molecule has 0 bridgehead atoms. The minimum absolute atomic E-state index is 0.316. The Bertz CT molecular complexity index is 151. The van der Waals surface area contributed by atoms with Crippen LogP contribution in [0.25, 0.3) is 0 Å². The first kappa shape index (κ1) is 8.48. The summed E-state index contributed by atoms with van der Waals surface area (Å²) in [5.41, 5.74) is 0. The molecule has 3 heteroatoms. The quantitative estimate of drug-likeness (QED) is 0.583. The van der Waals surface area contributed by atoms with Crippen molar-refractivity contribution in [3.05, 3.63) is 0 Å². The summed E-state index contributed by atoms with van der Waals surface area (Å²) in [6.45, 7) is 3.08. The van der Waals surface area contributed by atoms with Gasteiger partial charge in [-0.3, -0.25) is 0 Å². The molecule has 2 aliphatic rings. The molecule has 0 aromatic heterocycles. The van der Waals surface area contributed by atoms with Crippen LogP contribution in [-0.2, 0) is 4.74 Å². The third-order valence-corrected chi connectivity index (χ3v) is 3.04. The molecule has 0 aromatic carbocycles. The maximum atomic E-state index is 9.00. The van der Waals surface area contributed by atoms with E-state index < -0.39 is 0 Å². The van der Waals surface area contributed by atoms with Crippen molar-refractivity contribution in [2.45, 2.75) is 18.9 Å². The summed E-state index contributed by atoms with van der Waals surface area (Å²) in [6, 6.07) is 0.654. The summed E-state index contributed by atoms with van der Waals surface area (Å²) in [6.07, 6.45) is 2.27. The normalized spacial score (nSPS) is 42.2. The van der Waals surface area contributed by atoms with Gasteiger partial charge in [-0.15, -0.1) is 0 Å². The molecule has 0 aliphatic carbocycles. The zero-order valence-corrected chi connectivity index (χ0v) is 7.33. The molecule has 0 spiro atoms. The van der Waals surface area contributed by atoms with Gasteiger partial charge in [0.15, 0.2) is 0 Å². The standard InChI is InChI=1S/C9H17NO2/c11-5-7-3-8-6-12-2-1-9(8)10-4-7/h7-11H,1-6H2. The number of fused-ring (bicyclic) bond motifs is 1. The third-order valence-electron chi connectivity index (χ3n) is 3.04. The van der Waals surface area contributed by atoms with Crippen LogP contribution in [0.2, 0.25) is 0 Å². The Morgan fingerprint density at radius 3 is 3.25 bits per heavy atom. The zero-order valence-electron chi connectivity index (χ0n) is 7.33. The van der Waals surface area contributed by atoms with E-state index >= 15 is 0 Å². The monoisotopic (exact) mass is 171 g/mol. The van der Waals surface area contributed by atoms with Crippen molar-refractivity contribution in [1.29, 1.82) is 0 Å². The summed E-state index contributed by atoms with van der Waals surface area (Å²) in [7, 11) is 0. The van der Waals surface area contributed by atoms with Crippen LogP contribution >= 0.6 is 0 Å². The Hall–Kier alpha value is -0.120. The van der Waals surface area contributed by atoms with E-state index in [1.807, 2.05) is 0 Å². The first-order valence-electron chi connectivity index (χ1n) is 4.82. The molecule has 12 heavy (non-hydrogen) atoms. The van der Waals surface area contributed by atoms with Crippen molar-refractivity contribution in [3.8, 4) is 0 Å². The molecule has 0 radical (unpaired) electrons. The number of aliphatic hydroxyl groups excluding tert-OH is 1. The molecule has 2 heterocycles. The van der Waals surface area contributed by atoms with E-state index in [9.17, 15) is 0 Å². The van der Waals surface area contributed by atoms with E-state index in [0.717, 1.165) is 32.6 Å². The molecule has 3 nitrogen and oxygen atoms in total. The fraction of sp³-hybridized carbons (Fsp3) is 1.00. The number of nitrogens with one attached hydrogen (secondary N) is 1. The highest BCUT2D eigenvalue weighted by atomic mass is 16.5. The van der Waals surface area contributed by atoms with Crippen LogP contribution in [0.1, 0.15) is 12.8 Å². The minimum Gasteiger partial charge on any atom is -0.396 e. The van der Waals surface area contributed by atoms with Crippen molar-refractivity contribution in [2.24, 2.45) is 11.8 Å². The first-order valence-corrected chi connectivity index (χ1v) is 4.82. The Morgan fingerprint density at radius 1 is 1.50 bits per heavy atom. The molecular formula is C9H17NO2. The van der Waals surface area contributed by atoms with Crippen molar-refractivity contribution >= 4 is 0 Å². The van der Waals surface area contributed by atoms with Crippen LogP contribution in [0.4, 0.5) is 0 Å². The number of aliphatic hydroxyl groups is 1. The van der Waals surface area contributed by atoms with Gasteiger partial charge in [0, 0.05) is 25.8 Å². The van der Waals surface area contributed by atoms with Gasteiger partial charge < -0.3 is 15.2 Å². The van der Waals surface area contributed by atoms with Crippen LogP contribution < -0.4 is 5.32 Å². The van der Waals surface area contributed by atoms with Crippen molar-refractivity contribution in [2.75, 3.05) is 26.4 Å². The first-order chi connectivity index (χ1) is 5.90. The number of hydrogen-bond acceptors (Lipinski definition) is 3. The van der Waals surface area contributed by atoms with Gasteiger partial charge in [-0.25, -0.2) is 0 Å². The molecule has 3 atom stereocenters. The van der Waals surface area contributed by atoms with Crippen LogP contribution in [0.15, 0.2) is 0 Å². The van der Waals surface area contributed by atoms with E-state index in [4.69, 9.17) is 9.84 Å². The highest BCUT2D eigenvalue weighted by Gasteiger charge is 2.31. The van der Waals surface area contributed by atoms with Gasteiger partial charge in [0.1, 0.15) is 0 Å². The molecule has 2 aliphatic heterocycles. The van der Waals surface area contributed by atoms with Crippen LogP contribution in [-0.4, -0.2) is 37.5 Å². The molecular weight excluding hydrogens is 154 g/mol. The maximum absolute atomic E-state index is 9.00. The summed E-state index contributed by atoms with van der Waals surface area (Å²) in [4.78, 5) is 0. The minimum atomic E-state index is 0.316. The Balaban J connectivity index is 1.90. The Morgan fingerprint density at radius 2 is 2.42 bits per heavy atom. The van der Waals surface area contributed by atoms with Gasteiger partial charge in [0.05, 0.1) is 6.61 Å². The van der Waals surface area contributed by atoms with E-state index in [-0.39, 0.29) is 0 Å². The van der Waals surface area contributed by atoms with E-state index in [1.54, 1.807) is 0 Å². The van der Waals surface area contributed by atoms with Gasteiger partial charge in [0.2, 0.25) is 0 Å². The van der Waals surface area contributed by atoms with Crippen molar-refractivity contribution < 1.29 is 9.84 Å². The smallest absolute Gasteiger partial charge is 0.0509 e. The molecule has 3 unspecified atom stereocenters. The van der Waals surface area contributed by atoms with Gasteiger partial charge in [-0.1, -0.05) is 0 Å². The van der Waals surface area contributed by atoms with E-state index in [1.165, 1.54) is 0 Å². The zero-order chi connectivity index (χ0) is 8.39. The predicted octanol–water partition coefficient (Wildman–Crippen LogP) is -0.00670. The molecule has 0 amide bonds. The van der Waals surface area contributed by atoms with Gasteiger partial charge in [0.25, 0.3) is 0 Å². The lowest BCUT2D eigenvalue weighted by Gasteiger charge is -2.39. The fourth-order valence-electron chi connectivity index (χ4n) is 2.27. The molecule has 2 fully saturated rings. The average Bonchev–Trinajstić information content (AvgIpc) is 2.17. The molecule has 2 rings (SSSR count). The summed E-state index contributed by atoms with van der Waals surface area (Å²) >= 11 is 0. The second-order valence-electron chi connectivity index (χ2n) is 3.92. The van der Waals surface area contributed by atoms with E-state index in [2.05, 4.69) is 5.32 Å². The highest BCUT2D eigenvalue weighted by molar-refractivity contribution is 4.86. The average molecular weight is 171 g/mol. The summed E-state index contributed by atoms with van der Waals surface area (Å²) in [5.74, 6) is 1.09. The molecule has 0 aromatic rings. The van der Waals surface area contributed by atoms with E-state index in [0.29, 0.717) is 24.5 Å². The highest BCUT2D eigenvalue weighted by Crippen LogP contribution is 2.25.